The molecule has 6 heteroatoms. The van der Waals surface area contributed by atoms with Crippen LogP contribution in [0.1, 0.15) is 5.56 Å². The molecule has 0 saturated carbocycles. The summed E-state index contributed by atoms with van der Waals surface area (Å²) in [7, 11) is 0. The van der Waals surface area contributed by atoms with E-state index in [-0.39, 0.29) is 5.56 Å². The van der Waals surface area contributed by atoms with Gasteiger partial charge in [0.05, 0.1) is 12.2 Å². The van der Waals surface area contributed by atoms with Crippen molar-refractivity contribution >= 4 is 0 Å². The Hall–Kier alpha value is -1.95. The summed E-state index contributed by atoms with van der Waals surface area (Å²) in [4.78, 5) is 0. The summed E-state index contributed by atoms with van der Waals surface area (Å²) < 4.78 is 66.1. The molecule has 1 N–H and O–H groups in total. The minimum Gasteiger partial charge on any atom is -0.392 e. The fourth-order valence-corrected chi connectivity index (χ4v) is 1.68. The Labute approximate surface area is 104 Å². The Morgan fingerprint density at radius 3 is 1.84 bits per heavy atom. The van der Waals surface area contributed by atoms with Gasteiger partial charge in [-0.25, -0.2) is 22.0 Å². The number of aliphatic hydroxyl groups is 1. The lowest BCUT2D eigenvalue weighted by Gasteiger charge is -2.09. The van der Waals surface area contributed by atoms with E-state index in [9.17, 15) is 22.0 Å². The molecule has 0 amide bonds. The maximum atomic E-state index is 13.5. The molecule has 2 aromatic carbocycles. The third-order valence-corrected chi connectivity index (χ3v) is 2.61. The van der Waals surface area contributed by atoms with Crippen molar-refractivity contribution in [1.82, 2.24) is 0 Å². The highest BCUT2D eigenvalue weighted by Crippen LogP contribution is 2.31. The van der Waals surface area contributed by atoms with Gasteiger partial charge in [0.1, 0.15) is 0 Å². The van der Waals surface area contributed by atoms with E-state index in [2.05, 4.69) is 0 Å². The van der Waals surface area contributed by atoms with Crippen LogP contribution in [0, 0.1) is 29.1 Å². The van der Waals surface area contributed by atoms with Gasteiger partial charge in [0.2, 0.25) is 5.82 Å². The summed E-state index contributed by atoms with van der Waals surface area (Å²) in [5, 5.41) is 8.91. The Morgan fingerprint density at radius 2 is 1.32 bits per heavy atom. The monoisotopic (exact) mass is 274 g/mol. The van der Waals surface area contributed by atoms with Crippen LogP contribution in [0.15, 0.2) is 24.3 Å². The van der Waals surface area contributed by atoms with Crippen LogP contribution >= 0.6 is 0 Å². The normalized spacial score (nSPS) is 10.8. The molecular weight excluding hydrogens is 267 g/mol. The number of hydrogen-bond acceptors (Lipinski definition) is 1. The summed E-state index contributed by atoms with van der Waals surface area (Å²) in [5.41, 5.74) is -0.910. The first-order valence-electron chi connectivity index (χ1n) is 5.19. The summed E-state index contributed by atoms with van der Waals surface area (Å²) in [6, 6.07) is 5.14. The number of rotatable bonds is 2. The van der Waals surface area contributed by atoms with E-state index < -0.39 is 41.3 Å². The SMILES string of the molecule is OCc1cccc(-c2c(F)c(F)c(F)c(F)c2F)c1. The number of aliphatic hydroxyl groups excluding tert-OH is 1. The molecule has 0 heterocycles. The van der Waals surface area contributed by atoms with Gasteiger partial charge in [-0.1, -0.05) is 18.2 Å². The number of benzene rings is 2. The molecule has 2 rings (SSSR count). The van der Waals surface area contributed by atoms with Crippen LogP contribution in [-0.2, 0) is 6.61 Å². The van der Waals surface area contributed by atoms with Crippen molar-refractivity contribution in [3.63, 3.8) is 0 Å². The fourth-order valence-electron chi connectivity index (χ4n) is 1.68. The van der Waals surface area contributed by atoms with Crippen molar-refractivity contribution in [2.45, 2.75) is 6.61 Å². The van der Waals surface area contributed by atoms with Crippen LogP contribution in [0.3, 0.4) is 0 Å². The maximum Gasteiger partial charge on any atom is 0.200 e. The van der Waals surface area contributed by atoms with Crippen molar-refractivity contribution in [3.05, 3.63) is 58.9 Å². The molecule has 0 aliphatic carbocycles. The van der Waals surface area contributed by atoms with Crippen molar-refractivity contribution < 1.29 is 27.1 Å². The zero-order chi connectivity index (χ0) is 14.2. The van der Waals surface area contributed by atoms with Crippen molar-refractivity contribution in [2.75, 3.05) is 0 Å². The van der Waals surface area contributed by atoms with Gasteiger partial charge in [0.15, 0.2) is 23.3 Å². The molecule has 0 aromatic heterocycles. The van der Waals surface area contributed by atoms with Crippen LogP contribution in [0.2, 0.25) is 0 Å². The van der Waals surface area contributed by atoms with E-state index in [1.165, 1.54) is 18.2 Å². The smallest absolute Gasteiger partial charge is 0.200 e. The van der Waals surface area contributed by atoms with E-state index in [0.29, 0.717) is 5.56 Å². The first-order valence-corrected chi connectivity index (χ1v) is 5.19. The Balaban J connectivity index is 2.75. The number of halogens is 5. The quantitative estimate of drug-likeness (QED) is 0.504. The van der Waals surface area contributed by atoms with Gasteiger partial charge >= 0.3 is 0 Å². The molecule has 0 unspecified atom stereocenters. The molecule has 100 valence electrons. The molecule has 0 saturated heterocycles. The van der Waals surface area contributed by atoms with E-state index in [1.54, 1.807) is 0 Å². The van der Waals surface area contributed by atoms with E-state index >= 15 is 0 Å². The van der Waals surface area contributed by atoms with Gasteiger partial charge in [-0.3, -0.25) is 0 Å². The van der Waals surface area contributed by atoms with Crippen molar-refractivity contribution in [2.24, 2.45) is 0 Å². The zero-order valence-corrected chi connectivity index (χ0v) is 9.35. The van der Waals surface area contributed by atoms with Gasteiger partial charge in [-0.2, -0.15) is 0 Å². The van der Waals surface area contributed by atoms with Gasteiger partial charge in [-0.05, 0) is 17.2 Å². The van der Waals surface area contributed by atoms with Crippen LogP contribution < -0.4 is 0 Å². The molecular formula is C13H7F5O. The molecule has 0 bridgehead atoms. The van der Waals surface area contributed by atoms with Gasteiger partial charge in [0, 0.05) is 0 Å². The lowest BCUT2D eigenvalue weighted by Crippen LogP contribution is -2.04. The zero-order valence-electron chi connectivity index (χ0n) is 9.35. The van der Waals surface area contributed by atoms with Crippen LogP contribution in [-0.4, -0.2) is 5.11 Å². The third kappa shape index (κ3) is 2.19. The average molecular weight is 274 g/mol. The van der Waals surface area contributed by atoms with Gasteiger partial charge in [0.25, 0.3) is 0 Å². The topological polar surface area (TPSA) is 20.2 Å². The summed E-state index contributed by atoms with van der Waals surface area (Å²) in [6.45, 7) is -0.413. The summed E-state index contributed by atoms with van der Waals surface area (Å²) in [6.07, 6.45) is 0. The van der Waals surface area contributed by atoms with Crippen LogP contribution in [0.5, 0.6) is 0 Å². The molecule has 0 atom stereocenters. The Bertz CT molecular complexity index is 610. The maximum absolute atomic E-state index is 13.5. The highest BCUT2D eigenvalue weighted by Gasteiger charge is 2.26. The van der Waals surface area contributed by atoms with E-state index in [0.717, 1.165) is 6.07 Å². The molecule has 0 spiro atoms. The van der Waals surface area contributed by atoms with Crippen LogP contribution in [0.25, 0.3) is 11.1 Å². The number of hydrogen-bond donors (Lipinski definition) is 1. The predicted molar refractivity (Wildman–Crippen MR) is 57.6 cm³/mol. The summed E-state index contributed by atoms with van der Waals surface area (Å²) >= 11 is 0. The van der Waals surface area contributed by atoms with Gasteiger partial charge in [-0.15, -0.1) is 0 Å². The second kappa shape index (κ2) is 4.97. The average Bonchev–Trinajstić information content (AvgIpc) is 2.43. The standard InChI is InChI=1S/C13H7F5O/c14-9-8(7-3-1-2-6(4-7)5-19)10(15)12(17)13(18)11(9)16/h1-4,19H,5H2. The second-order valence-corrected chi connectivity index (χ2v) is 3.80. The minimum absolute atomic E-state index is 0.195. The molecule has 1 nitrogen and oxygen atoms in total. The highest BCUT2D eigenvalue weighted by atomic mass is 19.2. The van der Waals surface area contributed by atoms with Crippen LogP contribution in [0.4, 0.5) is 22.0 Å². The van der Waals surface area contributed by atoms with E-state index in [4.69, 9.17) is 5.11 Å². The lowest BCUT2D eigenvalue weighted by molar-refractivity contribution is 0.282. The molecule has 0 aliphatic rings. The summed E-state index contributed by atoms with van der Waals surface area (Å²) in [5.74, 6) is -9.98. The lowest BCUT2D eigenvalue weighted by atomic mass is 10.0. The Kier molecular flexibility index (Phi) is 3.53. The molecule has 0 aliphatic heterocycles. The third-order valence-electron chi connectivity index (χ3n) is 2.61. The first-order chi connectivity index (χ1) is 8.97. The largest absolute Gasteiger partial charge is 0.392 e. The Morgan fingerprint density at radius 1 is 0.789 bits per heavy atom. The van der Waals surface area contributed by atoms with Crippen molar-refractivity contribution in [3.8, 4) is 11.1 Å². The van der Waals surface area contributed by atoms with Crippen molar-refractivity contribution in [1.29, 1.82) is 0 Å². The molecule has 0 radical (unpaired) electrons. The molecule has 0 fully saturated rings. The van der Waals surface area contributed by atoms with E-state index in [1.807, 2.05) is 0 Å². The molecule has 19 heavy (non-hydrogen) atoms. The van der Waals surface area contributed by atoms with Gasteiger partial charge < -0.3 is 5.11 Å². The first kappa shape index (κ1) is 13.5. The highest BCUT2D eigenvalue weighted by molar-refractivity contribution is 5.66. The minimum atomic E-state index is -2.20. The predicted octanol–water partition coefficient (Wildman–Crippen LogP) is 3.54. The fraction of sp³-hybridized carbons (Fsp3) is 0.0769. The second-order valence-electron chi connectivity index (χ2n) is 3.80. The molecule has 2 aromatic rings.